The number of rotatable bonds is 5. The third kappa shape index (κ3) is 3.25. The molecule has 20 heavy (non-hydrogen) atoms. The molecule has 0 aliphatic carbocycles. The van der Waals surface area contributed by atoms with Gasteiger partial charge in [-0.25, -0.2) is 4.79 Å². The van der Waals surface area contributed by atoms with E-state index in [0.717, 1.165) is 15.6 Å². The SMILES string of the molecule is CCOC(=O)[C@H](O)[C@@H](O)/C=C/c1csc2ccccc12. The number of hydrogen-bond acceptors (Lipinski definition) is 5. The van der Waals surface area contributed by atoms with Crippen LogP contribution in [-0.4, -0.2) is 35.0 Å². The molecular weight excluding hydrogens is 276 g/mol. The number of aliphatic hydroxyl groups excluding tert-OH is 2. The monoisotopic (exact) mass is 292 g/mol. The van der Waals surface area contributed by atoms with Gasteiger partial charge >= 0.3 is 5.97 Å². The van der Waals surface area contributed by atoms with Crippen LogP contribution in [0.4, 0.5) is 0 Å². The van der Waals surface area contributed by atoms with Crippen LogP contribution in [0.25, 0.3) is 16.2 Å². The fourth-order valence-corrected chi connectivity index (χ4v) is 2.73. The van der Waals surface area contributed by atoms with E-state index in [0.29, 0.717) is 0 Å². The Hall–Kier alpha value is -1.69. The molecule has 2 atom stereocenters. The van der Waals surface area contributed by atoms with E-state index in [4.69, 9.17) is 0 Å². The second-order valence-corrected chi connectivity index (χ2v) is 5.15. The average molecular weight is 292 g/mol. The van der Waals surface area contributed by atoms with Gasteiger partial charge in [-0.3, -0.25) is 0 Å². The van der Waals surface area contributed by atoms with E-state index in [1.807, 2.05) is 29.6 Å². The quantitative estimate of drug-likeness (QED) is 0.829. The standard InChI is InChI=1S/C15H16O4S/c1-2-19-15(18)14(17)12(16)8-7-10-9-20-13-6-4-3-5-11(10)13/h3-9,12,14,16-17H,2H2,1H3/b8-7+/t12-,14+/m0/s1. The Bertz CT molecular complexity index is 617. The molecule has 4 nitrogen and oxygen atoms in total. The zero-order chi connectivity index (χ0) is 14.5. The molecule has 1 heterocycles. The summed E-state index contributed by atoms with van der Waals surface area (Å²) in [5.41, 5.74) is 0.945. The van der Waals surface area contributed by atoms with Crippen molar-refractivity contribution in [2.45, 2.75) is 19.1 Å². The minimum Gasteiger partial charge on any atom is -0.464 e. The fourth-order valence-electron chi connectivity index (χ4n) is 1.80. The van der Waals surface area contributed by atoms with Crippen molar-refractivity contribution >= 4 is 33.5 Å². The van der Waals surface area contributed by atoms with Gasteiger partial charge < -0.3 is 14.9 Å². The van der Waals surface area contributed by atoms with E-state index >= 15 is 0 Å². The van der Waals surface area contributed by atoms with E-state index in [1.54, 1.807) is 24.3 Å². The zero-order valence-corrected chi connectivity index (χ0v) is 11.8. The van der Waals surface area contributed by atoms with Crippen LogP contribution in [0.3, 0.4) is 0 Å². The maximum absolute atomic E-state index is 11.3. The van der Waals surface area contributed by atoms with Gasteiger partial charge in [0.25, 0.3) is 0 Å². The molecule has 1 aromatic carbocycles. The van der Waals surface area contributed by atoms with E-state index in [1.165, 1.54) is 6.08 Å². The minimum atomic E-state index is -1.56. The second-order valence-electron chi connectivity index (χ2n) is 4.23. The first-order valence-electron chi connectivity index (χ1n) is 6.30. The van der Waals surface area contributed by atoms with Crippen LogP contribution >= 0.6 is 11.3 Å². The summed E-state index contributed by atoms with van der Waals surface area (Å²) in [6, 6.07) is 7.91. The molecule has 2 aromatic rings. The first-order chi connectivity index (χ1) is 9.63. The molecule has 2 rings (SSSR count). The lowest BCUT2D eigenvalue weighted by Crippen LogP contribution is -2.34. The van der Waals surface area contributed by atoms with Gasteiger partial charge in [0.1, 0.15) is 6.10 Å². The van der Waals surface area contributed by atoms with Gasteiger partial charge in [0.15, 0.2) is 6.10 Å². The number of thiophene rings is 1. The summed E-state index contributed by atoms with van der Waals surface area (Å²) in [4.78, 5) is 11.3. The number of ether oxygens (including phenoxy) is 1. The van der Waals surface area contributed by atoms with Crippen LogP contribution in [0.1, 0.15) is 12.5 Å². The average Bonchev–Trinajstić information content (AvgIpc) is 2.87. The molecule has 0 aliphatic heterocycles. The van der Waals surface area contributed by atoms with Crippen molar-refractivity contribution in [2.24, 2.45) is 0 Å². The van der Waals surface area contributed by atoms with Crippen LogP contribution in [0.5, 0.6) is 0 Å². The fraction of sp³-hybridized carbons (Fsp3) is 0.267. The predicted molar refractivity (Wildman–Crippen MR) is 79.5 cm³/mol. The highest BCUT2D eigenvalue weighted by molar-refractivity contribution is 7.17. The Morgan fingerprint density at radius 1 is 1.40 bits per heavy atom. The maximum atomic E-state index is 11.3. The lowest BCUT2D eigenvalue weighted by atomic mass is 10.1. The highest BCUT2D eigenvalue weighted by Gasteiger charge is 2.23. The van der Waals surface area contributed by atoms with Crippen molar-refractivity contribution in [3.63, 3.8) is 0 Å². The lowest BCUT2D eigenvalue weighted by Gasteiger charge is -2.12. The third-order valence-corrected chi connectivity index (χ3v) is 3.82. The number of esters is 1. The highest BCUT2D eigenvalue weighted by Crippen LogP contribution is 2.26. The van der Waals surface area contributed by atoms with Gasteiger partial charge in [0, 0.05) is 4.70 Å². The first-order valence-corrected chi connectivity index (χ1v) is 7.18. The highest BCUT2D eigenvalue weighted by atomic mass is 32.1. The van der Waals surface area contributed by atoms with E-state index < -0.39 is 18.2 Å². The molecule has 0 bridgehead atoms. The van der Waals surface area contributed by atoms with Crippen molar-refractivity contribution in [1.82, 2.24) is 0 Å². The Kier molecular flexibility index (Phi) is 4.89. The topological polar surface area (TPSA) is 66.8 Å². The summed E-state index contributed by atoms with van der Waals surface area (Å²) in [5.74, 6) is -0.820. The van der Waals surface area contributed by atoms with Crippen LogP contribution in [0.15, 0.2) is 35.7 Å². The molecule has 0 saturated heterocycles. The van der Waals surface area contributed by atoms with Gasteiger partial charge in [0.2, 0.25) is 0 Å². The van der Waals surface area contributed by atoms with Gasteiger partial charge in [-0.2, -0.15) is 0 Å². The smallest absolute Gasteiger partial charge is 0.338 e. The molecule has 5 heteroatoms. The summed E-state index contributed by atoms with van der Waals surface area (Å²) >= 11 is 1.60. The van der Waals surface area contributed by atoms with Crippen molar-refractivity contribution in [2.75, 3.05) is 6.61 Å². The predicted octanol–water partition coefficient (Wildman–Crippen LogP) is 2.20. The van der Waals surface area contributed by atoms with Crippen LogP contribution < -0.4 is 0 Å². The Morgan fingerprint density at radius 3 is 2.90 bits per heavy atom. The van der Waals surface area contributed by atoms with Gasteiger partial charge in [-0.05, 0) is 29.3 Å². The number of carbonyl (C=O) groups is 1. The molecule has 0 saturated carbocycles. The normalized spacial score (nSPS) is 14.6. The molecule has 0 radical (unpaired) electrons. The number of fused-ring (bicyclic) bond motifs is 1. The number of hydrogen-bond donors (Lipinski definition) is 2. The van der Waals surface area contributed by atoms with Crippen LogP contribution in [0.2, 0.25) is 0 Å². The van der Waals surface area contributed by atoms with Crippen molar-refractivity contribution in [3.05, 3.63) is 41.3 Å². The van der Waals surface area contributed by atoms with Gasteiger partial charge in [-0.15, -0.1) is 11.3 Å². The molecule has 1 aromatic heterocycles. The van der Waals surface area contributed by atoms with Crippen molar-refractivity contribution < 1.29 is 19.7 Å². The zero-order valence-electron chi connectivity index (χ0n) is 11.0. The van der Waals surface area contributed by atoms with Gasteiger partial charge in [-0.1, -0.05) is 30.4 Å². The van der Waals surface area contributed by atoms with E-state index in [2.05, 4.69) is 4.74 Å². The van der Waals surface area contributed by atoms with Crippen molar-refractivity contribution in [3.8, 4) is 0 Å². The van der Waals surface area contributed by atoms with Gasteiger partial charge in [0.05, 0.1) is 6.61 Å². The Balaban J connectivity index is 2.10. The molecule has 0 fully saturated rings. The van der Waals surface area contributed by atoms with Crippen molar-refractivity contribution in [1.29, 1.82) is 0 Å². The molecule has 106 valence electrons. The first kappa shape index (κ1) is 14.7. The largest absolute Gasteiger partial charge is 0.464 e. The molecule has 2 N–H and O–H groups in total. The summed E-state index contributed by atoms with van der Waals surface area (Å²) in [6.45, 7) is 1.81. The maximum Gasteiger partial charge on any atom is 0.338 e. The summed E-state index contributed by atoms with van der Waals surface area (Å²) < 4.78 is 5.80. The number of aliphatic hydroxyl groups is 2. The number of carbonyl (C=O) groups excluding carboxylic acids is 1. The Morgan fingerprint density at radius 2 is 2.15 bits per heavy atom. The minimum absolute atomic E-state index is 0.168. The van der Waals surface area contributed by atoms with Crippen LogP contribution in [0, 0.1) is 0 Å². The third-order valence-electron chi connectivity index (χ3n) is 2.84. The van der Waals surface area contributed by atoms with Crippen LogP contribution in [-0.2, 0) is 9.53 Å². The number of benzene rings is 1. The van der Waals surface area contributed by atoms with E-state index in [9.17, 15) is 15.0 Å². The second kappa shape index (κ2) is 6.65. The molecular formula is C15H16O4S. The Labute approximate surface area is 120 Å². The molecule has 0 spiro atoms. The molecule has 0 unspecified atom stereocenters. The molecule has 0 amide bonds. The molecule has 0 aliphatic rings. The summed E-state index contributed by atoms with van der Waals surface area (Å²) in [5, 5.41) is 22.4. The van der Waals surface area contributed by atoms with E-state index in [-0.39, 0.29) is 6.61 Å². The lowest BCUT2D eigenvalue weighted by molar-refractivity contribution is -0.157. The summed E-state index contributed by atoms with van der Waals surface area (Å²) in [7, 11) is 0. The summed E-state index contributed by atoms with van der Waals surface area (Å²) in [6.07, 6.45) is 0.256.